The molecule has 0 amide bonds. The van der Waals surface area contributed by atoms with Gasteiger partial charge in [0.2, 0.25) is 0 Å². The van der Waals surface area contributed by atoms with Crippen LogP contribution in [0.3, 0.4) is 0 Å². The summed E-state index contributed by atoms with van der Waals surface area (Å²) in [4.78, 5) is 23.8. The SMILES string of the molecule is COc1ccc(/C=C\C(=O)c2c(O)cc(C)oc2=O)cc1OC. The maximum Gasteiger partial charge on any atom is 0.351 e. The molecule has 2 rings (SSSR count). The van der Waals surface area contributed by atoms with Crippen LogP contribution in [0.15, 0.2) is 39.6 Å². The monoisotopic (exact) mass is 316 g/mol. The third kappa shape index (κ3) is 3.60. The number of ether oxygens (including phenoxy) is 2. The van der Waals surface area contributed by atoms with E-state index >= 15 is 0 Å². The zero-order chi connectivity index (χ0) is 17.0. The lowest BCUT2D eigenvalue weighted by Gasteiger charge is -2.07. The Hall–Kier alpha value is -3.02. The fraction of sp³-hybridized carbons (Fsp3) is 0.176. The van der Waals surface area contributed by atoms with Crippen LogP contribution in [0.5, 0.6) is 17.2 Å². The van der Waals surface area contributed by atoms with Crippen LogP contribution in [0.4, 0.5) is 0 Å². The molecule has 0 fully saturated rings. The van der Waals surface area contributed by atoms with Crippen molar-refractivity contribution in [2.45, 2.75) is 6.92 Å². The van der Waals surface area contributed by atoms with E-state index in [0.717, 1.165) is 0 Å². The first kappa shape index (κ1) is 16.4. The molecule has 0 unspecified atom stereocenters. The smallest absolute Gasteiger partial charge is 0.351 e. The number of ketones is 1. The Kier molecular flexibility index (Phi) is 4.85. The van der Waals surface area contributed by atoms with Crippen LogP contribution in [0, 0.1) is 6.92 Å². The lowest BCUT2D eigenvalue weighted by atomic mass is 10.1. The highest BCUT2D eigenvalue weighted by Crippen LogP contribution is 2.28. The van der Waals surface area contributed by atoms with Crippen molar-refractivity contribution in [3.05, 3.63) is 57.6 Å². The minimum Gasteiger partial charge on any atom is -0.507 e. The summed E-state index contributed by atoms with van der Waals surface area (Å²) < 4.78 is 15.1. The average molecular weight is 316 g/mol. The van der Waals surface area contributed by atoms with Gasteiger partial charge in [-0.2, -0.15) is 0 Å². The summed E-state index contributed by atoms with van der Waals surface area (Å²) >= 11 is 0. The van der Waals surface area contributed by atoms with Gasteiger partial charge in [-0.1, -0.05) is 12.1 Å². The summed E-state index contributed by atoms with van der Waals surface area (Å²) in [5.41, 5.74) is -0.594. The van der Waals surface area contributed by atoms with Crippen LogP contribution >= 0.6 is 0 Å². The first-order valence-corrected chi connectivity index (χ1v) is 6.74. The number of carbonyl (C=O) groups excluding carboxylic acids is 1. The Morgan fingerprint density at radius 1 is 1.17 bits per heavy atom. The summed E-state index contributed by atoms with van der Waals surface area (Å²) in [5.74, 6) is 0.257. The summed E-state index contributed by atoms with van der Waals surface area (Å²) in [7, 11) is 3.03. The Balaban J connectivity index is 2.30. The second kappa shape index (κ2) is 6.83. The van der Waals surface area contributed by atoms with E-state index in [4.69, 9.17) is 13.9 Å². The number of aryl methyl sites for hydroxylation is 1. The number of hydrogen-bond acceptors (Lipinski definition) is 6. The van der Waals surface area contributed by atoms with E-state index in [0.29, 0.717) is 17.1 Å². The molecular weight excluding hydrogens is 300 g/mol. The van der Waals surface area contributed by atoms with E-state index in [9.17, 15) is 14.7 Å². The molecule has 6 heteroatoms. The predicted octanol–water partition coefficient (Wildman–Crippen LogP) is 2.57. The zero-order valence-corrected chi connectivity index (χ0v) is 13.0. The molecule has 6 nitrogen and oxygen atoms in total. The van der Waals surface area contributed by atoms with Crippen molar-refractivity contribution in [2.75, 3.05) is 14.2 Å². The summed E-state index contributed by atoms with van der Waals surface area (Å²) in [6, 6.07) is 6.32. The van der Waals surface area contributed by atoms with Gasteiger partial charge < -0.3 is 19.0 Å². The van der Waals surface area contributed by atoms with E-state index in [1.165, 1.54) is 39.4 Å². The fourth-order valence-corrected chi connectivity index (χ4v) is 2.03. The zero-order valence-electron chi connectivity index (χ0n) is 13.0. The highest BCUT2D eigenvalue weighted by Gasteiger charge is 2.15. The Labute approximate surface area is 132 Å². The number of methoxy groups -OCH3 is 2. The van der Waals surface area contributed by atoms with Gasteiger partial charge >= 0.3 is 5.63 Å². The van der Waals surface area contributed by atoms with Crippen LogP contribution in [0.2, 0.25) is 0 Å². The molecule has 1 aromatic heterocycles. The largest absolute Gasteiger partial charge is 0.507 e. The van der Waals surface area contributed by atoms with Gasteiger partial charge in [0.1, 0.15) is 17.1 Å². The molecule has 120 valence electrons. The van der Waals surface area contributed by atoms with E-state index in [2.05, 4.69) is 0 Å². The molecule has 0 saturated carbocycles. The number of rotatable bonds is 5. The van der Waals surface area contributed by atoms with Gasteiger partial charge in [-0.25, -0.2) is 4.79 Å². The van der Waals surface area contributed by atoms with E-state index in [1.54, 1.807) is 18.2 Å². The summed E-state index contributed by atoms with van der Waals surface area (Å²) in [6.45, 7) is 1.51. The molecule has 0 bridgehead atoms. The maximum atomic E-state index is 12.1. The first-order valence-electron chi connectivity index (χ1n) is 6.74. The Bertz CT molecular complexity index is 816. The fourth-order valence-electron chi connectivity index (χ4n) is 2.03. The number of carbonyl (C=O) groups is 1. The van der Waals surface area contributed by atoms with Crippen LogP contribution in [-0.2, 0) is 0 Å². The maximum absolute atomic E-state index is 12.1. The van der Waals surface area contributed by atoms with E-state index in [-0.39, 0.29) is 5.76 Å². The van der Waals surface area contributed by atoms with Crippen molar-refractivity contribution < 1.29 is 23.8 Å². The van der Waals surface area contributed by atoms with Gasteiger partial charge in [-0.3, -0.25) is 4.79 Å². The molecule has 1 N–H and O–H groups in total. The number of allylic oxidation sites excluding steroid dienone is 1. The third-order valence-corrected chi connectivity index (χ3v) is 3.14. The average Bonchev–Trinajstić information content (AvgIpc) is 2.51. The van der Waals surface area contributed by atoms with Crippen LogP contribution < -0.4 is 15.1 Å². The molecule has 1 aromatic carbocycles. The summed E-state index contributed by atoms with van der Waals surface area (Å²) in [6.07, 6.45) is 2.69. The van der Waals surface area contributed by atoms with Crippen molar-refractivity contribution in [1.29, 1.82) is 0 Å². The molecular formula is C17H16O6. The van der Waals surface area contributed by atoms with Crippen molar-refractivity contribution in [3.63, 3.8) is 0 Å². The van der Waals surface area contributed by atoms with Gasteiger partial charge in [0.05, 0.1) is 14.2 Å². The number of hydrogen-bond donors (Lipinski definition) is 1. The van der Waals surface area contributed by atoms with Gasteiger partial charge in [-0.15, -0.1) is 0 Å². The quantitative estimate of drug-likeness (QED) is 0.674. The predicted molar refractivity (Wildman–Crippen MR) is 84.3 cm³/mol. The number of aromatic hydroxyl groups is 1. The minimum atomic E-state index is -0.871. The lowest BCUT2D eigenvalue weighted by Crippen LogP contribution is -2.12. The molecule has 0 spiro atoms. The van der Waals surface area contributed by atoms with E-state index < -0.39 is 22.7 Å². The normalized spacial score (nSPS) is 10.7. The second-order valence-electron chi connectivity index (χ2n) is 4.72. The van der Waals surface area contributed by atoms with Crippen molar-refractivity contribution in [3.8, 4) is 17.2 Å². The van der Waals surface area contributed by atoms with Gasteiger partial charge in [-0.05, 0) is 30.7 Å². The molecule has 2 aromatic rings. The van der Waals surface area contributed by atoms with Crippen LogP contribution in [0.25, 0.3) is 6.08 Å². The number of benzene rings is 1. The van der Waals surface area contributed by atoms with Crippen molar-refractivity contribution >= 4 is 11.9 Å². The molecule has 0 atom stereocenters. The van der Waals surface area contributed by atoms with Crippen LogP contribution in [0.1, 0.15) is 21.7 Å². The van der Waals surface area contributed by atoms with E-state index in [1.807, 2.05) is 0 Å². The topological polar surface area (TPSA) is 86.0 Å². The minimum absolute atomic E-state index is 0.230. The highest BCUT2D eigenvalue weighted by molar-refractivity contribution is 6.08. The van der Waals surface area contributed by atoms with Crippen molar-refractivity contribution in [2.24, 2.45) is 0 Å². The lowest BCUT2D eigenvalue weighted by molar-refractivity contribution is 0.104. The molecule has 0 saturated heterocycles. The summed E-state index contributed by atoms with van der Waals surface area (Å²) in [5, 5.41) is 9.74. The molecule has 23 heavy (non-hydrogen) atoms. The second-order valence-corrected chi connectivity index (χ2v) is 4.72. The molecule has 0 aliphatic carbocycles. The standard InChI is InChI=1S/C17H16O6/c1-10-8-13(19)16(17(20)23-10)12(18)6-4-11-5-7-14(21-2)15(9-11)22-3/h4-9,19H,1-3H3/b6-4-. The highest BCUT2D eigenvalue weighted by atomic mass is 16.5. The third-order valence-electron chi connectivity index (χ3n) is 3.14. The Morgan fingerprint density at radius 2 is 1.87 bits per heavy atom. The van der Waals surface area contributed by atoms with Crippen molar-refractivity contribution in [1.82, 2.24) is 0 Å². The van der Waals surface area contributed by atoms with Crippen LogP contribution in [-0.4, -0.2) is 25.1 Å². The molecule has 0 aliphatic heterocycles. The molecule has 1 heterocycles. The molecule has 0 radical (unpaired) electrons. The Morgan fingerprint density at radius 3 is 2.48 bits per heavy atom. The van der Waals surface area contributed by atoms with Gasteiger partial charge in [0.15, 0.2) is 17.3 Å². The van der Waals surface area contributed by atoms with Gasteiger partial charge in [0, 0.05) is 6.07 Å². The molecule has 0 aliphatic rings. The first-order chi connectivity index (χ1) is 11.0. The van der Waals surface area contributed by atoms with Gasteiger partial charge in [0.25, 0.3) is 0 Å².